The lowest BCUT2D eigenvalue weighted by Crippen LogP contribution is -2.29. The Morgan fingerprint density at radius 3 is 2.43 bits per heavy atom. The van der Waals surface area contributed by atoms with E-state index >= 15 is 0 Å². The van der Waals surface area contributed by atoms with E-state index in [4.69, 9.17) is 9.79 Å². The Morgan fingerprint density at radius 1 is 1.09 bits per heavy atom. The molecule has 0 fully saturated rings. The van der Waals surface area contributed by atoms with Gasteiger partial charge in [-0.1, -0.05) is 57.2 Å². The van der Waals surface area contributed by atoms with Gasteiger partial charge in [0, 0.05) is 12.2 Å². The molecule has 0 atom stereocenters. The van der Waals surface area contributed by atoms with Crippen LogP contribution >= 0.6 is 7.60 Å². The number of benzene rings is 1. The average Bonchev–Trinajstić information content (AvgIpc) is 2.47. The SMILES string of the molecule is CCCCCCCCNC(=O)Nc1ccccc1CP(=O)(O)O. The zero-order valence-electron chi connectivity index (χ0n) is 13.6. The zero-order chi connectivity index (χ0) is 17.1. The van der Waals surface area contributed by atoms with Crippen molar-refractivity contribution >= 4 is 19.3 Å². The Labute approximate surface area is 137 Å². The maximum absolute atomic E-state index is 11.8. The minimum Gasteiger partial charge on any atom is -0.338 e. The van der Waals surface area contributed by atoms with Crippen LogP contribution in [0.1, 0.15) is 51.0 Å². The maximum atomic E-state index is 11.8. The molecule has 0 aromatic heterocycles. The molecule has 0 spiro atoms. The van der Waals surface area contributed by atoms with Gasteiger partial charge in [0.15, 0.2) is 0 Å². The summed E-state index contributed by atoms with van der Waals surface area (Å²) < 4.78 is 11.1. The van der Waals surface area contributed by atoms with Crippen molar-refractivity contribution in [2.24, 2.45) is 0 Å². The average molecular weight is 342 g/mol. The van der Waals surface area contributed by atoms with E-state index in [1.165, 1.54) is 25.7 Å². The third-order valence-electron chi connectivity index (χ3n) is 3.46. The van der Waals surface area contributed by atoms with Crippen LogP contribution in [-0.2, 0) is 10.7 Å². The Balaban J connectivity index is 2.36. The van der Waals surface area contributed by atoms with Gasteiger partial charge in [-0.05, 0) is 18.1 Å². The second-order valence-corrected chi connectivity index (χ2v) is 7.27. The van der Waals surface area contributed by atoms with E-state index in [1.54, 1.807) is 24.3 Å². The summed E-state index contributed by atoms with van der Waals surface area (Å²) in [6.45, 7) is 2.77. The van der Waals surface area contributed by atoms with Crippen LogP contribution in [0.15, 0.2) is 24.3 Å². The number of anilines is 1. The van der Waals surface area contributed by atoms with Gasteiger partial charge in [-0.3, -0.25) is 4.57 Å². The highest BCUT2D eigenvalue weighted by Gasteiger charge is 2.17. The first-order valence-electron chi connectivity index (χ1n) is 8.09. The Hall–Kier alpha value is -1.36. The van der Waals surface area contributed by atoms with Gasteiger partial charge in [0.2, 0.25) is 0 Å². The van der Waals surface area contributed by atoms with Crippen LogP contribution in [0.2, 0.25) is 0 Å². The highest BCUT2D eigenvalue weighted by molar-refractivity contribution is 7.50. The fourth-order valence-corrected chi connectivity index (χ4v) is 3.00. The molecular formula is C16H27N2O4P. The second kappa shape index (κ2) is 10.4. The van der Waals surface area contributed by atoms with Gasteiger partial charge in [0.1, 0.15) is 0 Å². The molecule has 23 heavy (non-hydrogen) atoms. The lowest BCUT2D eigenvalue weighted by atomic mass is 10.1. The molecule has 0 radical (unpaired) electrons. The fourth-order valence-electron chi connectivity index (χ4n) is 2.28. The number of hydrogen-bond donors (Lipinski definition) is 4. The van der Waals surface area contributed by atoms with E-state index in [1.807, 2.05) is 0 Å². The standard InChI is InChI=1S/C16H27N2O4P/c1-2-3-4-5-6-9-12-17-16(19)18-15-11-8-7-10-14(15)13-23(20,21)22/h7-8,10-11H,2-6,9,12-13H2,1H3,(H2,17,18,19)(H2,20,21,22). The molecule has 0 bridgehead atoms. The van der Waals surface area contributed by atoms with Crippen LogP contribution in [0.5, 0.6) is 0 Å². The largest absolute Gasteiger partial charge is 0.338 e. The predicted octanol–water partition coefficient (Wildman–Crippen LogP) is 3.85. The van der Waals surface area contributed by atoms with Gasteiger partial charge >= 0.3 is 13.6 Å². The monoisotopic (exact) mass is 342 g/mol. The van der Waals surface area contributed by atoms with Gasteiger partial charge in [-0.25, -0.2) is 4.79 Å². The molecule has 0 saturated heterocycles. The summed E-state index contributed by atoms with van der Waals surface area (Å²) >= 11 is 0. The third-order valence-corrected chi connectivity index (χ3v) is 4.21. The molecule has 0 unspecified atom stereocenters. The Morgan fingerprint density at radius 2 is 1.74 bits per heavy atom. The molecule has 0 aliphatic carbocycles. The molecule has 4 N–H and O–H groups in total. The lowest BCUT2D eigenvalue weighted by Gasteiger charge is -2.12. The summed E-state index contributed by atoms with van der Waals surface area (Å²) in [7, 11) is -4.17. The van der Waals surface area contributed by atoms with Crippen LogP contribution in [0.3, 0.4) is 0 Å². The Bertz CT molecular complexity index is 531. The van der Waals surface area contributed by atoms with Gasteiger partial charge in [0.25, 0.3) is 0 Å². The topological polar surface area (TPSA) is 98.7 Å². The van der Waals surface area contributed by atoms with E-state index in [0.717, 1.165) is 12.8 Å². The first-order valence-corrected chi connectivity index (χ1v) is 9.89. The number of hydrogen-bond acceptors (Lipinski definition) is 2. The highest BCUT2D eigenvalue weighted by atomic mass is 31.2. The van der Waals surface area contributed by atoms with Gasteiger partial charge in [-0.2, -0.15) is 0 Å². The number of urea groups is 1. The summed E-state index contributed by atoms with van der Waals surface area (Å²) in [4.78, 5) is 30.0. The van der Waals surface area contributed by atoms with Gasteiger partial charge < -0.3 is 20.4 Å². The molecule has 6 nitrogen and oxygen atoms in total. The number of nitrogens with one attached hydrogen (secondary N) is 2. The minimum absolute atomic E-state index is 0.350. The number of rotatable bonds is 10. The van der Waals surface area contributed by atoms with Crippen LogP contribution in [0, 0.1) is 0 Å². The molecule has 130 valence electrons. The maximum Gasteiger partial charge on any atom is 0.329 e. The quantitative estimate of drug-likeness (QED) is 0.383. The minimum atomic E-state index is -4.17. The first-order chi connectivity index (χ1) is 10.9. The first kappa shape index (κ1) is 19.7. The van der Waals surface area contributed by atoms with Crippen LogP contribution in [-0.4, -0.2) is 22.4 Å². The summed E-state index contributed by atoms with van der Waals surface area (Å²) in [6, 6.07) is 6.28. The van der Waals surface area contributed by atoms with Crippen molar-refractivity contribution in [2.75, 3.05) is 11.9 Å². The van der Waals surface area contributed by atoms with Crippen LogP contribution < -0.4 is 10.6 Å². The summed E-state index contributed by atoms with van der Waals surface area (Å²) in [5.74, 6) is 0. The summed E-state index contributed by atoms with van der Waals surface area (Å²) in [5.41, 5.74) is 0.854. The molecule has 0 saturated carbocycles. The van der Waals surface area contributed by atoms with Crippen molar-refractivity contribution in [3.63, 3.8) is 0 Å². The van der Waals surface area contributed by atoms with Crippen LogP contribution in [0.4, 0.5) is 10.5 Å². The van der Waals surface area contributed by atoms with Crippen molar-refractivity contribution in [1.29, 1.82) is 0 Å². The van der Waals surface area contributed by atoms with Gasteiger partial charge in [-0.15, -0.1) is 0 Å². The second-order valence-electron chi connectivity index (χ2n) is 5.63. The van der Waals surface area contributed by atoms with E-state index in [0.29, 0.717) is 17.8 Å². The van der Waals surface area contributed by atoms with E-state index in [9.17, 15) is 9.36 Å². The van der Waals surface area contributed by atoms with E-state index in [-0.39, 0.29) is 12.2 Å². The molecule has 1 aromatic carbocycles. The zero-order valence-corrected chi connectivity index (χ0v) is 14.5. The summed E-state index contributed by atoms with van der Waals surface area (Å²) in [6.07, 6.45) is 6.52. The normalized spacial score (nSPS) is 11.3. The molecule has 7 heteroatoms. The molecule has 0 heterocycles. The Kier molecular flexibility index (Phi) is 8.92. The van der Waals surface area contributed by atoms with E-state index in [2.05, 4.69) is 17.6 Å². The number of carbonyl (C=O) groups excluding carboxylic acids is 1. The molecule has 0 aliphatic rings. The number of unbranched alkanes of at least 4 members (excludes halogenated alkanes) is 5. The van der Waals surface area contributed by atoms with Crippen molar-refractivity contribution in [2.45, 2.75) is 51.6 Å². The van der Waals surface area contributed by atoms with Gasteiger partial charge in [0.05, 0.1) is 6.16 Å². The molecular weight excluding hydrogens is 315 g/mol. The van der Waals surface area contributed by atoms with Crippen molar-refractivity contribution in [3.05, 3.63) is 29.8 Å². The summed E-state index contributed by atoms with van der Waals surface area (Å²) in [5, 5.41) is 5.42. The predicted molar refractivity (Wildman–Crippen MR) is 92.6 cm³/mol. The van der Waals surface area contributed by atoms with Crippen molar-refractivity contribution in [3.8, 4) is 0 Å². The van der Waals surface area contributed by atoms with E-state index < -0.39 is 7.60 Å². The lowest BCUT2D eigenvalue weighted by molar-refractivity contribution is 0.252. The highest BCUT2D eigenvalue weighted by Crippen LogP contribution is 2.40. The number of carbonyl (C=O) groups is 1. The molecule has 1 rings (SSSR count). The number of amides is 2. The fraction of sp³-hybridized carbons (Fsp3) is 0.562. The molecule has 0 aliphatic heterocycles. The smallest absolute Gasteiger partial charge is 0.329 e. The number of para-hydroxylation sites is 1. The molecule has 1 aromatic rings. The van der Waals surface area contributed by atoms with Crippen molar-refractivity contribution in [1.82, 2.24) is 5.32 Å². The van der Waals surface area contributed by atoms with Crippen molar-refractivity contribution < 1.29 is 19.1 Å². The molecule has 2 amide bonds. The third kappa shape index (κ3) is 9.39. The van der Waals surface area contributed by atoms with Crippen LogP contribution in [0.25, 0.3) is 0 Å².